The fourth-order valence-corrected chi connectivity index (χ4v) is 2.27. The van der Waals surface area contributed by atoms with Crippen molar-refractivity contribution in [3.05, 3.63) is 45.0 Å². The van der Waals surface area contributed by atoms with Gasteiger partial charge in [0.2, 0.25) is 0 Å². The van der Waals surface area contributed by atoms with Crippen LogP contribution in [0.2, 0.25) is 0 Å². The number of hydrogen-bond donors (Lipinski definition) is 1. The Hall–Kier alpha value is -2.10. The topological polar surface area (TPSA) is 55.0 Å². The van der Waals surface area contributed by atoms with Crippen molar-refractivity contribution in [2.75, 3.05) is 7.11 Å². The molecule has 0 unspecified atom stereocenters. The molecule has 0 amide bonds. The molecule has 4 nitrogen and oxygen atoms in total. The second-order valence-electron chi connectivity index (χ2n) is 4.98. The van der Waals surface area contributed by atoms with E-state index in [2.05, 4.69) is 9.97 Å². The van der Waals surface area contributed by atoms with Crippen molar-refractivity contribution >= 4 is 0 Å². The molecule has 106 valence electrons. The highest BCUT2D eigenvalue weighted by Gasteiger charge is 2.13. The Balaban J connectivity index is 2.71. The summed E-state index contributed by atoms with van der Waals surface area (Å²) in [6, 6.07) is 4.01. The number of hydrogen-bond acceptors (Lipinski definition) is 3. The summed E-state index contributed by atoms with van der Waals surface area (Å²) in [4.78, 5) is 19.4. The fraction of sp³-hybridized carbons (Fsp3) is 0.375. The summed E-state index contributed by atoms with van der Waals surface area (Å²) in [6.45, 7) is 7.78. The smallest absolute Gasteiger partial charge is 0.254 e. The number of benzene rings is 1. The number of aryl methyl sites for hydroxylation is 3. The fourth-order valence-electron chi connectivity index (χ4n) is 2.27. The van der Waals surface area contributed by atoms with Crippen molar-refractivity contribution in [2.24, 2.45) is 0 Å². The summed E-state index contributed by atoms with van der Waals surface area (Å²) in [6.07, 6.45) is 0.705. The maximum atomic E-state index is 12.0. The number of nitrogens with one attached hydrogen (secondary N) is 1. The molecule has 0 spiro atoms. The third-order valence-electron chi connectivity index (χ3n) is 3.53. The molecule has 1 aromatic heterocycles. The van der Waals surface area contributed by atoms with Crippen LogP contribution >= 0.6 is 0 Å². The SMILES string of the molecule is CCc1nc(-c2cc(C)c(OC)cc2C)c(C)c(=O)[nH]1. The second-order valence-corrected chi connectivity index (χ2v) is 4.98. The number of rotatable bonds is 3. The maximum Gasteiger partial charge on any atom is 0.254 e. The quantitative estimate of drug-likeness (QED) is 0.934. The van der Waals surface area contributed by atoms with Crippen LogP contribution in [0.4, 0.5) is 0 Å². The minimum absolute atomic E-state index is 0.0697. The van der Waals surface area contributed by atoms with Crippen LogP contribution in [-0.4, -0.2) is 17.1 Å². The van der Waals surface area contributed by atoms with E-state index in [0.717, 1.165) is 28.1 Å². The van der Waals surface area contributed by atoms with E-state index in [1.54, 1.807) is 14.0 Å². The predicted octanol–water partition coefficient (Wildman–Crippen LogP) is 2.93. The van der Waals surface area contributed by atoms with Gasteiger partial charge >= 0.3 is 0 Å². The third-order valence-corrected chi connectivity index (χ3v) is 3.53. The average molecular weight is 272 g/mol. The van der Waals surface area contributed by atoms with Crippen molar-refractivity contribution in [3.8, 4) is 17.0 Å². The summed E-state index contributed by atoms with van der Waals surface area (Å²) in [5.74, 6) is 1.56. The maximum absolute atomic E-state index is 12.0. The van der Waals surface area contributed by atoms with E-state index in [-0.39, 0.29) is 5.56 Å². The van der Waals surface area contributed by atoms with Gasteiger partial charge in [0.05, 0.1) is 12.8 Å². The van der Waals surface area contributed by atoms with Gasteiger partial charge in [-0.1, -0.05) is 6.92 Å². The van der Waals surface area contributed by atoms with Crippen LogP contribution in [0.25, 0.3) is 11.3 Å². The van der Waals surface area contributed by atoms with E-state index in [1.807, 2.05) is 32.9 Å². The minimum Gasteiger partial charge on any atom is -0.496 e. The van der Waals surface area contributed by atoms with Crippen molar-refractivity contribution in [2.45, 2.75) is 34.1 Å². The van der Waals surface area contributed by atoms with E-state index in [1.165, 1.54) is 0 Å². The highest BCUT2D eigenvalue weighted by Crippen LogP contribution is 2.29. The standard InChI is InChI=1S/C16H20N2O2/c1-6-14-17-15(11(4)16(19)18-14)12-7-10(3)13(20-5)8-9(12)2/h7-8H,6H2,1-5H3,(H,17,18,19). The molecule has 1 heterocycles. The van der Waals surface area contributed by atoms with Gasteiger partial charge in [0, 0.05) is 17.5 Å². The first kappa shape index (κ1) is 14.3. The van der Waals surface area contributed by atoms with Gasteiger partial charge in [-0.25, -0.2) is 4.98 Å². The largest absolute Gasteiger partial charge is 0.496 e. The van der Waals surface area contributed by atoms with Gasteiger partial charge < -0.3 is 9.72 Å². The van der Waals surface area contributed by atoms with Crippen molar-refractivity contribution in [3.63, 3.8) is 0 Å². The van der Waals surface area contributed by atoms with Crippen LogP contribution in [0.5, 0.6) is 5.75 Å². The van der Waals surface area contributed by atoms with Crippen LogP contribution in [0, 0.1) is 20.8 Å². The molecule has 0 fully saturated rings. The molecule has 0 aliphatic carbocycles. The summed E-state index contributed by atoms with van der Waals surface area (Å²) in [5, 5.41) is 0. The van der Waals surface area contributed by atoms with E-state index < -0.39 is 0 Å². The lowest BCUT2D eigenvalue weighted by atomic mass is 9.99. The van der Waals surface area contributed by atoms with E-state index >= 15 is 0 Å². The summed E-state index contributed by atoms with van der Waals surface area (Å²) < 4.78 is 5.33. The Morgan fingerprint density at radius 3 is 2.50 bits per heavy atom. The number of ether oxygens (including phenoxy) is 1. The Morgan fingerprint density at radius 2 is 1.90 bits per heavy atom. The monoisotopic (exact) mass is 272 g/mol. The summed E-state index contributed by atoms with van der Waals surface area (Å²) in [7, 11) is 1.66. The van der Waals surface area contributed by atoms with E-state index in [4.69, 9.17) is 4.74 Å². The van der Waals surface area contributed by atoms with Crippen LogP contribution in [-0.2, 0) is 6.42 Å². The van der Waals surface area contributed by atoms with Gasteiger partial charge in [-0.3, -0.25) is 4.79 Å². The normalized spacial score (nSPS) is 10.7. The highest BCUT2D eigenvalue weighted by atomic mass is 16.5. The number of aromatic nitrogens is 2. The van der Waals surface area contributed by atoms with Crippen LogP contribution < -0.4 is 10.3 Å². The Kier molecular flexibility index (Phi) is 3.93. The molecule has 0 saturated heterocycles. The van der Waals surface area contributed by atoms with Gasteiger partial charge in [0.1, 0.15) is 11.6 Å². The van der Waals surface area contributed by atoms with Crippen LogP contribution in [0.1, 0.15) is 29.4 Å². The van der Waals surface area contributed by atoms with Crippen molar-refractivity contribution in [1.29, 1.82) is 0 Å². The first-order valence-electron chi connectivity index (χ1n) is 6.73. The van der Waals surface area contributed by atoms with Crippen LogP contribution in [0.15, 0.2) is 16.9 Å². The second kappa shape index (κ2) is 5.49. The first-order chi connectivity index (χ1) is 9.47. The van der Waals surface area contributed by atoms with Gasteiger partial charge in [-0.05, 0) is 44.0 Å². The van der Waals surface area contributed by atoms with Crippen molar-refractivity contribution in [1.82, 2.24) is 9.97 Å². The zero-order valence-corrected chi connectivity index (χ0v) is 12.6. The van der Waals surface area contributed by atoms with Crippen LogP contribution in [0.3, 0.4) is 0 Å². The molecule has 20 heavy (non-hydrogen) atoms. The Bertz CT molecular complexity index is 702. The molecule has 0 atom stereocenters. The molecule has 1 aromatic carbocycles. The van der Waals surface area contributed by atoms with Gasteiger partial charge in [-0.2, -0.15) is 0 Å². The Morgan fingerprint density at radius 1 is 1.20 bits per heavy atom. The van der Waals surface area contributed by atoms with Crippen molar-refractivity contribution < 1.29 is 4.74 Å². The summed E-state index contributed by atoms with van der Waals surface area (Å²) >= 11 is 0. The van der Waals surface area contributed by atoms with Gasteiger partial charge in [-0.15, -0.1) is 0 Å². The first-order valence-corrected chi connectivity index (χ1v) is 6.73. The zero-order valence-electron chi connectivity index (χ0n) is 12.6. The molecule has 0 saturated carbocycles. The average Bonchev–Trinajstić information content (AvgIpc) is 2.44. The highest BCUT2D eigenvalue weighted by molar-refractivity contribution is 5.68. The number of methoxy groups -OCH3 is 1. The van der Waals surface area contributed by atoms with E-state index in [0.29, 0.717) is 17.8 Å². The predicted molar refractivity (Wildman–Crippen MR) is 80.4 cm³/mol. The molecule has 0 bridgehead atoms. The van der Waals surface area contributed by atoms with E-state index in [9.17, 15) is 4.79 Å². The Labute approximate surface area is 118 Å². The molecular weight excluding hydrogens is 252 g/mol. The lowest BCUT2D eigenvalue weighted by Crippen LogP contribution is -2.16. The number of aromatic amines is 1. The minimum atomic E-state index is -0.0697. The molecule has 0 radical (unpaired) electrons. The lowest BCUT2D eigenvalue weighted by molar-refractivity contribution is 0.411. The zero-order chi connectivity index (χ0) is 14.9. The summed E-state index contributed by atoms with van der Waals surface area (Å²) in [5.41, 5.74) is 4.41. The number of H-pyrrole nitrogens is 1. The molecular formula is C16H20N2O2. The van der Waals surface area contributed by atoms with Gasteiger partial charge in [0.15, 0.2) is 0 Å². The molecule has 2 aromatic rings. The molecule has 2 rings (SSSR count). The van der Waals surface area contributed by atoms with Gasteiger partial charge in [0.25, 0.3) is 5.56 Å². The number of nitrogens with zero attached hydrogens (tertiary/aromatic N) is 1. The molecule has 1 N–H and O–H groups in total. The third kappa shape index (κ3) is 2.46. The molecule has 0 aliphatic rings. The lowest BCUT2D eigenvalue weighted by Gasteiger charge is -2.13. The molecule has 0 aliphatic heterocycles. The molecule has 4 heteroatoms.